The third-order valence-corrected chi connectivity index (χ3v) is 5.32. The lowest BCUT2D eigenvalue weighted by Crippen LogP contribution is -2.44. The number of ether oxygens (including phenoxy) is 1. The van der Waals surface area contributed by atoms with Crippen LogP contribution in [0.3, 0.4) is 0 Å². The van der Waals surface area contributed by atoms with Crippen molar-refractivity contribution in [3.63, 3.8) is 0 Å². The fourth-order valence-corrected chi connectivity index (χ4v) is 3.57. The van der Waals surface area contributed by atoms with Crippen molar-refractivity contribution >= 4 is 29.9 Å². The lowest BCUT2D eigenvalue weighted by Gasteiger charge is -2.33. The molecule has 0 spiro atoms. The molecule has 0 radical (unpaired) electrons. The molecular formula is C21H26Cl2N2O2. The summed E-state index contributed by atoms with van der Waals surface area (Å²) >= 11 is 6.34. The molecule has 2 aromatic carbocycles. The van der Waals surface area contributed by atoms with E-state index in [2.05, 4.69) is 0 Å². The standard InChI is InChI=1S/C21H25ClN2O2.ClH/c1-15(23)16-9-11-24(12-10-16)21(25)14-26-20-8-7-18(13-19(20)22)17-5-3-2-4-6-17;/h2-8,13,15-16H,9-12,14,23H2,1H3;1H. The van der Waals surface area contributed by atoms with Crippen LogP contribution in [0.2, 0.25) is 5.02 Å². The highest BCUT2D eigenvalue weighted by atomic mass is 35.5. The second kappa shape index (κ2) is 9.98. The minimum Gasteiger partial charge on any atom is -0.482 e. The zero-order chi connectivity index (χ0) is 18.5. The summed E-state index contributed by atoms with van der Waals surface area (Å²) in [6.45, 7) is 3.53. The predicted molar refractivity (Wildman–Crippen MR) is 113 cm³/mol. The van der Waals surface area contributed by atoms with Gasteiger partial charge in [-0.05, 0) is 48.9 Å². The molecule has 1 saturated heterocycles. The highest BCUT2D eigenvalue weighted by Gasteiger charge is 2.25. The van der Waals surface area contributed by atoms with Gasteiger partial charge in [-0.2, -0.15) is 0 Å². The quantitative estimate of drug-likeness (QED) is 0.797. The summed E-state index contributed by atoms with van der Waals surface area (Å²) in [6.07, 6.45) is 1.91. The van der Waals surface area contributed by atoms with Crippen molar-refractivity contribution in [1.29, 1.82) is 0 Å². The highest BCUT2D eigenvalue weighted by Crippen LogP contribution is 2.30. The molecule has 6 heteroatoms. The summed E-state index contributed by atoms with van der Waals surface area (Å²) in [7, 11) is 0. The molecule has 2 N–H and O–H groups in total. The monoisotopic (exact) mass is 408 g/mol. The van der Waals surface area contributed by atoms with Crippen molar-refractivity contribution in [2.75, 3.05) is 19.7 Å². The zero-order valence-corrected chi connectivity index (χ0v) is 17.0. The number of nitrogens with zero attached hydrogens (tertiary/aromatic N) is 1. The van der Waals surface area contributed by atoms with Gasteiger partial charge >= 0.3 is 0 Å². The fourth-order valence-electron chi connectivity index (χ4n) is 3.33. The van der Waals surface area contributed by atoms with Crippen molar-refractivity contribution in [3.8, 4) is 16.9 Å². The Bertz CT molecular complexity index is 745. The Morgan fingerprint density at radius 2 is 1.85 bits per heavy atom. The van der Waals surface area contributed by atoms with E-state index in [-0.39, 0.29) is 31.0 Å². The summed E-state index contributed by atoms with van der Waals surface area (Å²) < 4.78 is 5.67. The SMILES string of the molecule is CC(N)C1CCN(C(=O)COc2ccc(-c3ccccc3)cc2Cl)CC1.Cl. The molecule has 1 amide bonds. The molecule has 1 aliphatic rings. The Labute approximate surface area is 172 Å². The second-order valence-electron chi connectivity index (χ2n) is 6.88. The molecule has 0 saturated carbocycles. The lowest BCUT2D eigenvalue weighted by molar-refractivity contribution is -0.134. The zero-order valence-electron chi connectivity index (χ0n) is 15.4. The van der Waals surface area contributed by atoms with E-state index in [0.29, 0.717) is 16.7 Å². The van der Waals surface area contributed by atoms with Gasteiger partial charge in [-0.25, -0.2) is 0 Å². The van der Waals surface area contributed by atoms with Crippen LogP contribution in [-0.4, -0.2) is 36.5 Å². The van der Waals surface area contributed by atoms with E-state index < -0.39 is 0 Å². The molecule has 1 fully saturated rings. The summed E-state index contributed by atoms with van der Waals surface area (Å²) in [6, 6.07) is 15.8. The van der Waals surface area contributed by atoms with Crippen LogP contribution in [0, 0.1) is 5.92 Å². The highest BCUT2D eigenvalue weighted by molar-refractivity contribution is 6.32. The van der Waals surface area contributed by atoms with Gasteiger partial charge in [0.2, 0.25) is 0 Å². The van der Waals surface area contributed by atoms with E-state index in [4.69, 9.17) is 22.1 Å². The Morgan fingerprint density at radius 1 is 1.19 bits per heavy atom. The number of hydrogen-bond donors (Lipinski definition) is 1. The molecule has 1 heterocycles. The fraction of sp³-hybridized carbons (Fsp3) is 0.381. The number of carbonyl (C=O) groups is 1. The van der Waals surface area contributed by atoms with Gasteiger partial charge in [-0.1, -0.05) is 48.0 Å². The molecule has 3 rings (SSSR count). The lowest BCUT2D eigenvalue weighted by atomic mass is 9.91. The summed E-state index contributed by atoms with van der Waals surface area (Å²) in [5.74, 6) is 1.03. The second-order valence-corrected chi connectivity index (χ2v) is 7.28. The number of hydrogen-bond acceptors (Lipinski definition) is 3. The molecule has 0 bridgehead atoms. The van der Waals surface area contributed by atoms with Crippen molar-refractivity contribution in [1.82, 2.24) is 4.90 Å². The van der Waals surface area contributed by atoms with Crippen LogP contribution < -0.4 is 10.5 Å². The average Bonchev–Trinajstić information content (AvgIpc) is 2.67. The third-order valence-electron chi connectivity index (χ3n) is 5.03. The van der Waals surface area contributed by atoms with Crippen LogP contribution >= 0.6 is 24.0 Å². The Morgan fingerprint density at radius 3 is 2.44 bits per heavy atom. The van der Waals surface area contributed by atoms with Crippen LogP contribution in [0.1, 0.15) is 19.8 Å². The first-order valence-electron chi connectivity index (χ1n) is 9.05. The number of piperidine rings is 1. The Hall–Kier alpha value is -1.75. The number of likely N-dealkylation sites (tertiary alicyclic amines) is 1. The number of nitrogens with two attached hydrogens (primary N) is 1. The predicted octanol–water partition coefficient (Wildman–Crippen LogP) is 4.39. The third kappa shape index (κ3) is 5.61. The van der Waals surface area contributed by atoms with Gasteiger partial charge in [0.05, 0.1) is 5.02 Å². The molecular weight excluding hydrogens is 383 g/mol. The van der Waals surface area contributed by atoms with Gasteiger partial charge in [0.15, 0.2) is 6.61 Å². The van der Waals surface area contributed by atoms with E-state index in [1.165, 1.54) is 0 Å². The molecule has 1 unspecified atom stereocenters. The molecule has 4 nitrogen and oxygen atoms in total. The van der Waals surface area contributed by atoms with Crippen LogP contribution in [0.15, 0.2) is 48.5 Å². The largest absolute Gasteiger partial charge is 0.482 e. The van der Waals surface area contributed by atoms with E-state index in [0.717, 1.165) is 37.1 Å². The average molecular weight is 409 g/mol. The van der Waals surface area contributed by atoms with Gasteiger partial charge < -0.3 is 15.4 Å². The van der Waals surface area contributed by atoms with Gasteiger partial charge in [-0.3, -0.25) is 4.79 Å². The van der Waals surface area contributed by atoms with E-state index in [9.17, 15) is 4.79 Å². The molecule has 0 aromatic heterocycles. The van der Waals surface area contributed by atoms with Crippen molar-refractivity contribution in [2.45, 2.75) is 25.8 Å². The molecule has 1 atom stereocenters. The maximum absolute atomic E-state index is 12.4. The maximum Gasteiger partial charge on any atom is 0.260 e. The first-order valence-corrected chi connectivity index (χ1v) is 9.43. The Kier molecular flexibility index (Phi) is 7.96. The van der Waals surface area contributed by atoms with Gasteiger partial charge in [0.25, 0.3) is 5.91 Å². The van der Waals surface area contributed by atoms with Crippen LogP contribution in [0.4, 0.5) is 0 Å². The maximum atomic E-state index is 12.4. The first kappa shape index (κ1) is 21.5. The molecule has 27 heavy (non-hydrogen) atoms. The van der Waals surface area contributed by atoms with E-state index in [1.54, 1.807) is 0 Å². The Balaban J connectivity index is 0.00000261. The molecule has 1 aliphatic heterocycles. The van der Waals surface area contributed by atoms with Crippen LogP contribution in [-0.2, 0) is 4.79 Å². The number of amides is 1. The summed E-state index contributed by atoms with van der Waals surface area (Å²) in [4.78, 5) is 14.2. The van der Waals surface area contributed by atoms with Crippen molar-refractivity contribution in [2.24, 2.45) is 11.7 Å². The number of halogens is 2. The van der Waals surface area contributed by atoms with Gasteiger partial charge in [0.1, 0.15) is 5.75 Å². The van der Waals surface area contributed by atoms with Crippen molar-refractivity contribution in [3.05, 3.63) is 53.6 Å². The van der Waals surface area contributed by atoms with Crippen LogP contribution in [0.5, 0.6) is 5.75 Å². The molecule has 0 aliphatic carbocycles. The minimum absolute atomic E-state index is 0. The van der Waals surface area contributed by atoms with Gasteiger partial charge in [0, 0.05) is 19.1 Å². The summed E-state index contributed by atoms with van der Waals surface area (Å²) in [5, 5.41) is 0.509. The normalized spacial score (nSPS) is 15.7. The van der Waals surface area contributed by atoms with Crippen LogP contribution in [0.25, 0.3) is 11.1 Å². The van der Waals surface area contributed by atoms with E-state index >= 15 is 0 Å². The minimum atomic E-state index is -0.00340. The topological polar surface area (TPSA) is 55.6 Å². The first-order chi connectivity index (χ1) is 12.5. The molecule has 2 aromatic rings. The van der Waals surface area contributed by atoms with Gasteiger partial charge in [-0.15, -0.1) is 12.4 Å². The number of benzene rings is 2. The van der Waals surface area contributed by atoms with E-state index in [1.807, 2.05) is 60.4 Å². The summed E-state index contributed by atoms with van der Waals surface area (Å²) in [5.41, 5.74) is 8.06. The van der Waals surface area contributed by atoms with Crippen molar-refractivity contribution < 1.29 is 9.53 Å². The smallest absolute Gasteiger partial charge is 0.260 e. The number of rotatable bonds is 5. The molecule has 146 valence electrons. The number of carbonyl (C=O) groups excluding carboxylic acids is 1.